The summed E-state index contributed by atoms with van der Waals surface area (Å²) in [5.74, 6) is 1.69. The van der Waals surface area contributed by atoms with E-state index in [4.69, 9.17) is 4.74 Å². The molecule has 1 aliphatic heterocycles. The summed E-state index contributed by atoms with van der Waals surface area (Å²) in [4.78, 5) is 9.14. The molecule has 3 heterocycles. The fraction of sp³-hybridized carbons (Fsp3) is 0.533. The van der Waals surface area contributed by atoms with Crippen molar-refractivity contribution in [2.75, 3.05) is 33.3 Å². The van der Waals surface area contributed by atoms with E-state index in [1.165, 1.54) is 5.56 Å². The molecular weight excluding hydrogens is 280 g/mol. The zero-order chi connectivity index (χ0) is 15.4. The van der Waals surface area contributed by atoms with Gasteiger partial charge in [0.1, 0.15) is 12.2 Å². The van der Waals surface area contributed by atoms with Crippen LogP contribution in [-0.2, 0) is 20.1 Å². The van der Waals surface area contributed by atoms with E-state index in [9.17, 15) is 0 Å². The molecule has 1 aliphatic rings. The smallest absolute Gasteiger partial charge is 0.212 e. The van der Waals surface area contributed by atoms with Gasteiger partial charge >= 0.3 is 0 Å². The molecule has 1 fully saturated rings. The highest BCUT2D eigenvalue weighted by Gasteiger charge is 2.18. The van der Waals surface area contributed by atoms with Crippen molar-refractivity contribution in [2.45, 2.75) is 13.1 Å². The highest BCUT2D eigenvalue weighted by molar-refractivity contribution is 5.17. The number of ether oxygens (including phenoxy) is 1. The Kier molecular flexibility index (Phi) is 4.65. The zero-order valence-corrected chi connectivity index (χ0v) is 13.1. The Hall–Kier alpha value is -1.99. The number of hydrogen-bond acceptors (Lipinski definition) is 6. The Bertz CT molecular complexity index is 588. The molecule has 7 nitrogen and oxygen atoms in total. The quantitative estimate of drug-likeness (QED) is 0.803. The summed E-state index contributed by atoms with van der Waals surface area (Å²) in [7, 11) is 3.63. The minimum atomic E-state index is 0.664. The first kappa shape index (κ1) is 14.9. The normalized spacial score (nSPS) is 16.8. The van der Waals surface area contributed by atoms with Gasteiger partial charge in [-0.3, -0.25) is 9.80 Å². The molecule has 3 rings (SSSR count). The monoisotopic (exact) mass is 302 g/mol. The van der Waals surface area contributed by atoms with Gasteiger partial charge in [-0.05, 0) is 5.56 Å². The fourth-order valence-corrected chi connectivity index (χ4v) is 2.64. The van der Waals surface area contributed by atoms with E-state index in [-0.39, 0.29) is 0 Å². The lowest BCUT2D eigenvalue weighted by Crippen LogP contribution is -2.45. The molecule has 118 valence electrons. The highest BCUT2D eigenvalue weighted by Crippen LogP contribution is 2.12. The van der Waals surface area contributed by atoms with Crippen LogP contribution in [0.15, 0.2) is 24.7 Å². The van der Waals surface area contributed by atoms with Gasteiger partial charge in [0.05, 0.1) is 13.7 Å². The van der Waals surface area contributed by atoms with Crippen molar-refractivity contribution in [3.05, 3.63) is 36.0 Å². The van der Waals surface area contributed by atoms with E-state index >= 15 is 0 Å². The second kappa shape index (κ2) is 6.85. The van der Waals surface area contributed by atoms with Gasteiger partial charge in [-0.1, -0.05) is 6.07 Å². The summed E-state index contributed by atoms with van der Waals surface area (Å²) in [6, 6.07) is 4.00. The molecule has 0 saturated carbocycles. The average molecular weight is 302 g/mol. The third kappa shape index (κ3) is 3.61. The Morgan fingerprint density at radius 1 is 1.09 bits per heavy atom. The van der Waals surface area contributed by atoms with E-state index in [2.05, 4.69) is 31.0 Å². The SMILES string of the molecule is COc1ccc(CN2CCN(Cc3nncn3C)CC2)cn1. The molecule has 0 unspecified atom stereocenters. The van der Waals surface area contributed by atoms with E-state index in [0.717, 1.165) is 45.1 Å². The zero-order valence-electron chi connectivity index (χ0n) is 13.1. The minimum Gasteiger partial charge on any atom is -0.481 e. The molecule has 0 aliphatic carbocycles. The third-order valence-corrected chi connectivity index (χ3v) is 4.05. The summed E-state index contributed by atoms with van der Waals surface area (Å²) in [5.41, 5.74) is 1.22. The van der Waals surface area contributed by atoms with Crippen LogP contribution in [0.3, 0.4) is 0 Å². The summed E-state index contributed by atoms with van der Waals surface area (Å²) >= 11 is 0. The molecular formula is C15H22N6O. The Balaban J connectivity index is 1.48. The molecule has 1 saturated heterocycles. The number of nitrogens with zero attached hydrogens (tertiary/aromatic N) is 6. The molecule has 22 heavy (non-hydrogen) atoms. The van der Waals surface area contributed by atoms with Crippen LogP contribution in [0.1, 0.15) is 11.4 Å². The summed E-state index contributed by atoms with van der Waals surface area (Å²) in [6.45, 7) is 6.03. The molecule has 0 N–H and O–H groups in total. The van der Waals surface area contributed by atoms with E-state index < -0.39 is 0 Å². The number of aromatic nitrogens is 4. The summed E-state index contributed by atoms with van der Waals surface area (Å²) < 4.78 is 7.07. The van der Waals surface area contributed by atoms with E-state index in [0.29, 0.717) is 5.88 Å². The lowest BCUT2D eigenvalue weighted by Gasteiger charge is -2.34. The first-order chi connectivity index (χ1) is 10.7. The molecule has 0 atom stereocenters. The minimum absolute atomic E-state index is 0.664. The molecule has 0 aromatic carbocycles. The molecule has 0 amide bonds. The predicted molar refractivity (Wildman–Crippen MR) is 82.3 cm³/mol. The standard InChI is InChI=1S/C15H22N6O/c1-19-12-17-18-14(19)11-21-7-5-20(6-8-21)10-13-3-4-15(22-2)16-9-13/h3-4,9,12H,5-8,10-11H2,1-2H3. The number of hydrogen-bond donors (Lipinski definition) is 0. The van der Waals surface area contributed by atoms with Gasteiger partial charge in [-0.25, -0.2) is 4.98 Å². The van der Waals surface area contributed by atoms with Crippen molar-refractivity contribution in [3.63, 3.8) is 0 Å². The van der Waals surface area contributed by atoms with Crippen molar-refractivity contribution in [3.8, 4) is 5.88 Å². The molecule has 0 radical (unpaired) electrons. The van der Waals surface area contributed by atoms with Crippen LogP contribution in [0.5, 0.6) is 5.88 Å². The van der Waals surface area contributed by atoms with Gasteiger partial charge in [0.25, 0.3) is 0 Å². The van der Waals surface area contributed by atoms with E-state index in [1.807, 2.05) is 23.9 Å². The maximum atomic E-state index is 5.09. The maximum absolute atomic E-state index is 5.09. The van der Waals surface area contributed by atoms with Crippen LogP contribution < -0.4 is 4.74 Å². The third-order valence-electron chi connectivity index (χ3n) is 4.05. The van der Waals surface area contributed by atoms with Gasteiger partial charge in [0.15, 0.2) is 0 Å². The van der Waals surface area contributed by atoms with Gasteiger partial charge in [-0.2, -0.15) is 0 Å². The number of pyridine rings is 1. The van der Waals surface area contributed by atoms with Crippen LogP contribution in [0.4, 0.5) is 0 Å². The summed E-state index contributed by atoms with van der Waals surface area (Å²) in [6.07, 6.45) is 3.65. The first-order valence-corrected chi connectivity index (χ1v) is 7.51. The van der Waals surface area contributed by atoms with Gasteiger partial charge in [0.2, 0.25) is 5.88 Å². The Morgan fingerprint density at radius 3 is 2.36 bits per heavy atom. The second-order valence-corrected chi connectivity index (χ2v) is 5.62. The molecule has 2 aromatic rings. The van der Waals surface area contributed by atoms with Crippen LogP contribution in [0.2, 0.25) is 0 Å². The van der Waals surface area contributed by atoms with Crippen molar-refractivity contribution in [1.82, 2.24) is 29.5 Å². The topological polar surface area (TPSA) is 59.3 Å². The number of rotatable bonds is 5. The van der Waals surface area contributed by atoms with E-state index in [1.54, 1.807) is 13.4 Å². The number of methoxy groups -OCH3 is 1. The first-order valence-electron chi connectivity index (χ1n) is 7.51. The van der Waals surface area contributed by atoms with Crippen LogP contribution in [0.25, 0.3) is 0 Å². The summed E-state index contributed by atoms with van der Waals surface area (Å²) in [5, 5.41) is 8.08. The van der Waals surface area contributed by atoms with Crippen molar-refractivity contribution in [2.24, 2.45) is 7.05 Å². The lowest BCUT2D eigenvalue weighted by atomic mass is 10.2. The van der Waals surface area contributed by atoms with Crippen LogP contribution >= 0.6 is 0 Å². The molecule has 0 spiro atoms. The van der Waals surface area contributed by atoms with Gasteiger partial charge in [0, 0.05) is 52.0 Å². The predicted octanol–water partition coefficient (Wildman–Crippen LogP) is 0.536. The maximum Gasteiger partial charge on any atom is 0.212 e. The number of piperazine rings is 1. The van der Waals surface area contributed by atoms with Gasteiger partial charge < -0.3 is 9.30 Å². The second-order valence-electron chi connectivity index (χ2n) is 5.62. The molecule has 2 aromatic heterocycles. The number of aryl methyl sites for hydroxylation is 1. The Labute approximate surface area is 130 Å². The highest BCUT2D eigenvalue weighted by atomic mass is 16.5. The largest absolute Gasteiger partial charge is 0.481 e. The Morgan fingerprint density at radius 2 is 1.82 bits per heavy atom. The lowest BCUT2D eigenvalue weighted by molar-refractivity contribution is 0.119. The van der Waals surface area contributed by atoms with Crippen LogP contribution in [-0.4, -0.2) is 62.8 Å². The van der Waals surface area contributed by atoms with Gasteiger partial charge in [-0.15, -0.1) is 10.2 Å². The average Bonchev–Trinajstić information content (AvgIpc) is 2.95. The van der Waals surface area contributed by atoms with Crippen molar-refractivity contribution in [1.29, 1.82) is 0 Å². The van der Waals surface area contributed by atoms with Crippen molar-refractivity contribution < 1.29 is 4.74 Å². The molecule has 7 heteroatoms. The van der Waals surface area contributed by atoms with Crippen molar-refractivity contribution >= 4 is 0 Å². The molecule has 0 bridgehead atoms. The fourth-order valence-electron chi connectivity index (χ4n) is 2.64. The van der Waals surface area contributed by atoms with Crippen LogP contribution in [0, 0.1) is 0 Å².